The fourth-order valence-electron chi connectivity index (χ4n) is 2.27. The minimum Gasteiger partial charge on any atom is -0.423 e. The lowest BCUT2D eigenvalue weighted by Gasteiger charge is -2.20. The lowest BCUT2D eigenvalue weighted by Crippen LogP contribution is -2.30. The molecular formula is C18H23NO5. The van der Waals surface area contributed by atoms with E-state index in [9.17, 15) is 10.0 Å². The molecule has 1 aliphatic heterocycles. The molecule has 0 radical (unpaired) electrons. The zero-order valence-corrected chi connectivity index (χ0v) is 14.2. The number of carbonyl (C=O) groups is 1. The van der Waals surface area contributed by atoms with Gasteiger partial charge in [0.15, 0.2) is 5.79 Å². The van der Waals surface area contributed by atoms with Gasteiger partial charge in [-0.05, 0) is 25.8 Å². The van der Waals surface area contributed by atoms with Crippen molar-refractivity contribution in [2.24, 2.45) is 0 Å². The molecule has 1 aromatic carbocycles. The zero-order valence-electron chi connectivity index (χ0n) is 14.2. The van der Waals surface area contributed by atoms with Gasteiger partial charge in [-0.25, -0.2) is 4.79 Å². The summed E-state index contributed by atoms with van der Waals surface area (Å²) < 4.78 is 15.8. The van der Waals surface area contributed by atoms with Gasteiger partial charge in [-0.2, -0.15) is 5.06 Å². The van der Waals surface area contributed by atoms with Gasteiger partial charge in [0.25, 0.3) is 0 Å². The van der Waals surface area contributed by atoms with E-state index in [1.165, 1.54) is 0 Å². The van der Waals surface area contributed by atoms with E-state index in [2.05, 4.69) is 11.8 Å². The van der Waals surface area contributed by atoms with E-state index in [4.69, 9.17) is 14.2 Å². The van der Waals surface area contributed by atoms with E-state index in [1.807, 2.05) is 37.3 Å². The Bertz CT molecular complexity index is 605. The second-order valence-corrected chi connectivity index (χ2v) is 5.94. The number of ether oxygens (including phenoxy) is 3. The lowest BCUT2D eigenvalue weighted by molar-refractivity contribution is -0.193. The third-order valence-corrected chi connectivity index (χ3v) is 3.50. The van der Waals surface area contributed by atoms with Crippen molar-refractivity contribution in [2.45, 2.75) is 51.9 Å². The molecule has 24 heavy (non-hydrogen) atoms. The molecule has 0 amide bonds. The van der Waals surface area contributed by atoms with Gasteiger partial charge in [0, 0.05) is 5.92 Å². The molecule has 2 rings (SSSR count). The van der Waals surface area contributed by atoms with Crippen LogP contribution in [0.1, 0.15) is 32.8 Å². The summed E-state index contributed by atoms with van der Waals surface area (Å²) in [5.41, 5.74) is 0.960. The van der Waals surface area contributed by atoms with Gasteiger partial charge in [0.1, 0.15) is 6.61 Å². The molecule has 0 spiro atoms. The fourth-order valence-corrected chi connectivity index (χ4v) is 2.27. The molecule has 6 heteroatoms. The summed E-state index contributed by atoms with van der Waals surface area (Å²) in [5, 5.41) is 11.3. The minimum atomic E-state index is -0.762. The summed E-state index contributed by atoms with van der Waals surface area (Å²) in [6.45, 7) is 5.88. The molecule has 1 N–H and O–H groups in total. The van der Waals surface area contributed by atoms with Gasteiger partial charge in [0.2, 0.25) is 6.29 Å². The smallest absolute Gasteiger partial charge is 0.386 e. The van der Waals surface area contributed by atoms with Crippen molar-refractivity contribution in [1.29, 1.82) is 0 Å². The van der Waals surface area contributed by atoms with Gasteiger partial charge in [-0.1, -0.05) is 43.2 Å². The minimum absolute atomic E-state index is 0.178. The summed E-state index contributed by atoms with van der Waals surface area (Å²) in [4.78, 5) is 11.8. The Morgan fingerprint density at radius 3 is 2.75 bits per heavy atom. The normalized spacial score (nSPS) is 20.3. The van der Waals surface area contributed by atoms with Crippen LogP contribution in [-0.2, 0) is 25.5 Å². The van der Waals surface area contributed by atoms with Crippen LogP contribution in [0.5, 0.6) is 0 Å². The third-order valence-electron chi connectivity index (χ3n) is 3.50. The number of nitrogens with zero attached hydrogens (tertiary/aromatic N) is 1. The van der Waals surface area contributed by atoms with Crippen molar-refractivity contribution in [3.05, 3.63) is 35.9 Å². The fraction of sp³-hybridized carbons (Fsp3) is 0.500. The van der Waals surface area contributed by atoms with Gasteiger partial charge < -0.3 is 19.4 Å². The lowest BCUT2D eigenvalue weighted by atomic mass is 10.2. The van der Waals surface area contributed by atoms with Crippen molar-refractivity contribution < 1.29 is 24.2 Å². The molecule has 1 fully saturated rings. The van der Waals surface area contributed by atoms with Crippen LogP contribution in [-0.4, -0.2) is 41.0 Å². The monoisotopic (exact) mass is 333 g/mol. The number of hydrogen-bond donors (Lipinski definition) is 1. The SMILES string of the molecule is CCC(C#CC(=O)OC1COC(C)(C)O1)N(O)Cc1ccccc1. The highest BCUT2D eigenvalue weighted by Crippen LogP contribution is 2.22. The Morgan fingerprint density at radius 1 is 1.46 bits per heavy atom. The first-order chi connectivity index (χ1) is 11.4. The third kappa shape index (κ3) is 5.62. The first-order valence-electron chi connectivity index (χ1n) is 7.93. The van der Waals surface area contributed by atoms with Crippen molar-refractivity contribution in [3.63, 3.8) is 0 Å². The molecule has 0 bridgehead atoms. The van der Waals surface area contributed by atoms with Crippen LogP contribution in [0.4, 0.5) is 0 Å². The molecule has 1 aliphatic rings. The average molecular weight is 333 g/mol. The van der Waals surface area contributed by atoms with Crippen LogP contribution in [0.15, 0.2) is 30.3 Å². The van der Waals surface area contributed by atoms with Crippen molar-refractivity contribution in [2.75, 3.05) is 6.61 Å². The van der Waals surface area contributed by atoms with Gasteiger partial charge >= 0.3 is 5.97 Å². The summed E-state index contributed by atoms with van der Waals surface area (Å²) in [6.07, 6.45) is -0.184. The maximum Gasteiger partial charge on any atom is 0.386 e. The predicted octanol–water partition coefficient (Wildman–Crippen LogP) is 2.31. The van der Waals surface area contributed by atoms with E-state index in [0.717, 1.165) is 10.6 Å². The van der Waals surface area contributed by atoms with E-state index in [-0.39, 0.29) is 6.61 Å². The molecule has 1 aromatic rings. The van der Waals surface area contributed by atoms with E-state index in [0.29, 0.717) is 13.0 Å². The van der Waals surface area contributed by atoms with Crippen LogP contribution in [0.3, 0.4) is 0 Å². The Balaban J connectivity index is 1.88. The number of rotatable bonds is 5. The quantitative estimate of drug-likeness (QED) is 0.386. The summed E-state index contributed by atoms with van der Waals surface area (Å²) in [7, 11) is 0. The number of esters is 1. The largest absolute Gasteiger partial charge is 0.423 e. The predicted molar refractivity (Wildman–Crippen MR) is 86.6 cm³/mol. The second kappa shape index (κ2) is 8.27. The van der Waals surface area contributed by atoms with Crippen molar-refractivity contribution in [3.8, 4) is 11.8 Å². The Morgan fingerprint density at radius 2 is 2.17 bits per heavy atom. The van der Waals surface area contributed by atoms with Crippen molar-refractivity contribution >= 4 is 5.97 Å². The molecule has 2 atom stereocenters. The van der Waals surface area contributed by atoms with Crippen LogP contribution >= 0.6 is 0 Å². The molecule has 2 unspecified atom stereocenters. The topological polar surface area (TPSA) is 68.2 Å². The number of hydrogen-bond acceptors (Lipinski definition) is 6. The summed E-state index contributed by atoms with van der Waals surface area (Å²) in [6, 6.07) is 9.08. The number of benzene rings is 1. The summed E-state index contributed by atoms with van der Waals surface area (Å²) in [5.74, 6) is 3.68. The molecule has 0 aromatic heterocycles. The molecule has 0 saturated carbocycles. The highest BCUT2D eigenvalue weighted by molar-refractivity contribution is 5.88. The van der Waals surface area contributed by atoms with Crippen LogP contribution in [0.2, 0.25) is 0 Å². The standard InChI is InChI=1S/C18H23NO5/c1-4-15(19(21)12-14-8-6-5-7-9-14)10-11-16(20)23-17-13-22-18(2,3)24-17/h5-9,15,17,21H,4,12-13H2,1-3H3. The number of hydroxylamine groups is 2. The average Bonchev–Trinajstić information content (AvgIpc) is 2.87. The first kappa shape index (κ1) is 18.4. The van der Waals surface area contributed by atoms with Crippen LogP contribution in [0.25, 0.3) is 0 Å². The molecule has 0 aliphatic carbocycles. The highest BCUT2D eigenvalue weighted by Gasteiger charge is 2.34. The van der Waals surface area contributed by atoms with E-state index in [1.54, 1.807) is 13.8 Å². The molecule has 130 valence electrons. The van der Waals surface area contributed by atoms with E-state index >= 15 is 0 Å². The summed E-state index contributed by atoms with van der Waals surface area (Å²) >= 11 is 0. The van der Waals surface area contributed by atoms with Gasteiger partial charge in [-0.3, -0.25) is 0 Å². The van der Waals surface area contributed by atoms with E-state index < -0.39 is 24.1 Å². The molecular weight excluding hydrogens is 310 g/mol. The Labute approximate surface area is 142 Å². The van der Waals surface area contributed by atoms with Crippen molar-refractivity contribution in [1.82, 2.24) is 5.06 Å². The van der Waals surface area contributed by atoms with Crippen LogP contribution < -0.4 is 0 Å². The highest BCUT2D eigenvalue weighted by atomic mass is 16.8. The maximum atomic E-state index is 11.8. The number of carbonyl (C=O) groups excluding carboxylic acids is 1. The van der Waals surface area contributed by atoms with Crippen LogP contribution in [0, 0.1) is 11.8 Å². The Hall–Kier alpha value is -1.91. The first-order valence-corrected chi connectivity index (χ1v) is 7.93. The molecule has 6 nitrogen and oxygen atoms in total. The maximum absolute atomic E-state index is 11.8. The Kier molecular flexibility index (Phi) is 6.35. The second-order valence-electron chi connectivity index (χ2n) is 5.94. The molecule has 1 saturated heterocycles. The van der Waals surface area contributed by atoms with Gasteiger partial charge in [0.05, 0.1) is 12.6 Å². The van der Waals surface area contributed by atoms with Gasteiger partial charge in [-0.15, -0.1) is 0 Å². The zero-order chi connectivity index (χ0) is 17.6. The molecule has 1 heterocycles.